The maximum absolute atomic E-state index is 6.00. The quantitative estimate of drug-likeness (QED) is 0.849. The van der Waals surface area contributed by atoms with Crippen molar-refractivity contribution in [3.8, 4) is 0 Å². The second kappa shape index (κ2) is 4.67. The summed E-state index contributed by atoms with van der Waals surface area (Å²) in [6.07, 6.45) is 0. The van der Waals surface area contributed by atoms with Crippen molar-refractivity contribution in [3.63, 3.8) is 0 Å². The first-order chi connectivity index (χ1) is 8.74. The molecule has 2 nitrogen and oxygen atoms in total. The average Bonchev–Trinajstić information content (AvgIpc) is 2.38. The molecule has 0 saturated carbocycles. The number of amidine groups is 1. The first kappa shape index (κ1) is 11.6. The Hall–Kier alpha value is -1.45. The Bertz CT molecular complexity index is 610. The molecule has 1 aliphatic heterocycles. The third-order valence-electron chi connectivity index (χ3n) is 2.85. The van der Waals surface area contributed by atoms with E-state index in [9.17, 15) is 0 Å². The number of aliphatic imine (C=N–C) groups is 1. The van der Waals surface area contributed by atoms with E-state index in [2.05, 4.69) is 17.1 Å². The van der Waals surface area contributed by atoms with Gasteiger partial charge in [0.1, 0.15) is 0 Å². The molecule has 1 heterocycles. The van der Waals surface area contributed by atoms with Gasteiger partial charge in [0, 0.05) is 5.02 Å². The number of nitrogens with zero attached hydrogens (tertiary/aromatic N) is 1. The van der Waals surface area contributed by atoms with E-state index in [-0.39, 0.29) is 5.25 Å². The van der Waals surface area contributed by atoms with E-state index in [1.165, 1.54) is 5.56 Å². The molecule has 1 unspecified atom stereocenters. The van der Waals surface area contributed by atoms with Gasteiger partial charge in [-0.15, -0.1) is 0 Å². The molecule has 0 fully saturated rings. The van der Waals surface area contributed by atoms with Gasteiger partial charge in [0.15, 0.2) is 5.17 Å². The van der Waals surface area contributed by atoms with Crippen LogP contribution in [0.1, 0.15) is 16.4 Å². The lowest BCUT2D eigenvalue weighted by molar-refractivity contribution is 1.14. The average molecular weight is 275 g/mol. The number of thioether (sulfide) groups is 1. The van der Waals surface area contributed by atoms with Gasteiger partial charge >= 0.3 is 0 Å². The fourth-order valence-corrected chi connectivity index (χ4v) is 3.22. The highest BCUT2D eigenvalue weighted by atomic mass is 35.5. The number of hydrogen-bond acceptors (Lipinski definition) is 3. The zero-order valence-corrected chi connectivity index (χ0v) is 11.1. The van der Waals surface area contributed by atoms with Gasteiger partial charge in [0.25, 0.3) is 0 Å². The molecule has 0 bridgehead atoms. The van der Waals surface area contributed by atoms with E-state index in [0.717, 1.165) is 11.3 Å². The van der Waals surface area contributed by atoms with E-state index in [4.69, 9.17) is 17.3 Å². The van der Waals surface area contributed by atoms with Crippen molar-refractivity contribution < 1.29 is 0 Å². The monoisotopic (exact) mass is 274 g/mol. The van der Waals surface area contributed by atoms with E-state index in [1.54, 1.807) is 11.8 Å². The van der Waals surface area contributed by atoms with Crippen molar-refractivity contribution in [2.24, 2.45) is 10.7 Å². The Morgan fingerprint density at radius 1 is 1.11 bits per heavy atom. The number of halogens is 1. The number of fused-ring (bicyclic) bond motifs is 1. The fraction of sp³-hybridized carbons (Fsp3) is 0.0714. The van der Waals surface area contributed by atoms with Crippen molar-refractivity contribution in [2.45, 2.75) is 5.25 Å². The van der Waals surface area contributed by atoms with Crippen LogP contribution in [-0.2, 0) is 0 Å². The molecule has 2 aromatic carbocycles. The van der Waals surface area contributed by atoms with Crippen LogP contribution in [0.25, 0.3) is 0 Å². The molecule has 0 aliphatic carbocycles. The van der Waals surface area contributed by atoms with Crippen molar-refractivity contribution >= 4 is 34.2 Å². The minimum Gasteiger partial charge on any atom is -0.378 e. The summed E-state index contributed by atoms with van der Waals surface area (Å²) in [4.78, 5) is 4.36. The lowest BCUT2D eigenvalue weighted by atomic mass is 10.0. The Morgan fingerprint density at radius 2 is 1.89 bits per heavy atom. The second-order valence-electron chi connectivity index (χ2n) is 4.06. The van der Waals surface area contributed by atoms with E-state index < -0.39 is 0 Å². The van der Waals surface area contributed by atoms with Gasteiger partial charge in [-0.2, -0.15) is 0 Å². The molecule has 4 heteroatoms. The highest BCUT2D eigenvalue weighted by Gasteiger charge is 2.23. The summed E-state index contributed by atoms with van der Waals surface area (Å²) in [5, 5.41) is 1.46. The topological polar surface area (TPSA) is 38.4 Å². The van der Waals surface area contributed by atoms with Gasteiger partial charge in [-0.05, 0) is 23.3 Å². The van der Waals surface area contributed by atoms with Gasteiger partial charge in [-0.1, -0.05) is 59.8 Å². The zero-order valence-electron chi connectivity index (χ0n) is 9.51. The number of rotatable bonds is 1. The first-order valence-electron chi connectivity index (χ1n) is 5.59. The Morgan fingerprint density at radius 3 is 2.67 bits per heavy atom. The van der Waals surface area contributed by atoms with Crippen LogP contribution in [0, 0.1) is 0 Å². The molecular formula is C14H11ClN2S. The summed E-state index contributed by atoms with van der Waals surface area (Å²) < 4.78 is 0. The molecule has 90 valence electrons. The fourth-order valence-electron chi connectivity index (χ4n) is 2.04. The maximum Gasteiger partial charge on any atom is 0.160 e. The molecule has 0 radical (unpaired) electrons. The molecule has 1 atom stereocenters. The molecule has 1 aliphatic rings. The van der Waals surface area contributed by atoms with E-state index in [1.807, 2.05) is 36.4 Å². The maximum atomic E-state index is 6.00. The minimum absolute atomic E-state index is 0.191. The van der Waals surface area contributed by atoms with Gasteiger partial charge in [-0.25, -0.2) is 4.99 Å². The van der Waals surface area contributed by atoms with Gasteiger partial charge < -0.3 is 5.73 Å². The van der Waals surface area contributed by atoms with Crippen LogP contribution in [0.3, 0.4) is 0 Å². The lowest BCUT2D eigenvalue weighted by Crippen LogP contribution is -2.14. The predicted molar refractivity (Wildman–Crippen MR) is 78.6 cm³/mol. The summed E-state index contributed by atoms with van der Waals surface area (Å²) in [5.74, 6) is 0. The lowest BCUT2D eigenvalue weighted by Gasteiger charge is -2.23. The second-order valence-corrected chi connectivity index (χ2v) is 5.62. The molecule has 18 heavy (non-hydrogen) atoms. The smallest absolute Gasteiger partial charge is 0.160 e. The molecule has 0 spiro atoms. The van der Waals surface area contributed by atoms with Crippen LogP contribution >= 0.6 is 23.4 Å². The highest BCUT2D eigenvalue weighted by Crippen LogP contribution is 2.44. The minimum atomic E-state index is 0.191. The summed E-state index contributed by atoms with van der Waals surface area (Å²) in [6, 6.07) is 16.1. The van der Waals surface area contributed by atoms with E-state index >= 15 is 0 Å². The van der Waals surface area contributed by atoms with Crippen LogP contribution in [0.5, 0.6) is 0 Å². The van der Waals surface area contributed by atoms with Crippen LogP contribution in [-0.4, -0.2) is 5.17 Å². The Labute approximate surface area is 115 Å². The van der Waals surface area contributed by atoms with Crippen molar-refractivity contribution in [1.82, 2.24) is 0 Å². The van der Waals surface area contributed by atoms with Crippen LogP contribution in [0.2, 0.25) is 5.02 Å². The number of nitrogens with two attached hydrogens (primary N) is 1. The highest BCUT2D eigenvalue weighted by molar-refractivity contribution is 8.14. The standard InChI is InChI=1S/C14H11ClN2S/c15-10-6-7-11-12(8-10)17-14(16)18-13(11)9-4-2-1-3-5-9/h1-8,13H,(H2,16,17). The third kappa shape index (κ3) is 2.11. The molecule has 0 aromatic heterocycles. The Kier molecular flexibility index (Phi) is 3.02. The van der Waals surface area contributed by atoms with Crippen molar-refractivity contribution in [2.75, 3.05) is 0 Å². The summed E-state index contributed by atoms with van der Waals surface area (Å²) in [6.45, 7) is 0. The van der Waals surface area contributed by atoms with Crippen LogP contribution < -0.4 is 5.73 Å². The van der Waals surface area contributed by atoms with Crippen molar-refractivity contribution in [3.05, 3.63) is 64.7 Å². The van der Waals surface area contributed by atoms with Crippen LogP contribution in [0.15, 0.2) is 53.5 Å². The van der Waals surface area contributed by atoms with Gasteiger partial charge in [0.05, 0.1) is 10.9 Å². The molecule has 2 aromatic rings. The molecule has 2 N–H and O–H groups in total. The Balaban J connectivity index is 2.12. The SMILES string of the molecule is NC1=Nc2cc(Cl)ccc2C(c2ccccc2)S1. The molecule has 3 rings (SSSR count). The molecule has 0 amide bonds. The summed E-state index contributed by atoms with van der Waals surface area (Å²) in [5.41, 5.74) is 9.15. The zero-order chi connectivity index (χ0) is 12.5. The van der Waals surface area contributed by atoms with Crippen molar-refractivity contribution in [1.29, 1.82) is 0 Å². The van der Waals surface area contributed by atoms with Gasteiger partial charge in [0.2, 0.25) is 0 Å². The van der Waals surface area contributed by atoms with Gasteiger partial charge in [-0.3, -0.25) is 0 Å². The number of benzene rings is 2. The first-order valence-corrected chi connectivity index (χ1v) is 6.85. The summed E-state index contributed by atoms with van der Waals surface area (Å²) >= 11 is 7.57. The normalized spacial score (nSPS) is 18.1. The molecule has 0 saturated heterocycles. The molecular weight excluding hydrogens is 264 g/mol. The summed E-state index contributed by atoms with van der Waals surface area (Å²) in [7, 11) is 0. The third-order valence-corrected chi connectivity index (χ3v) is 4.18. The van der Waals surface area contributed by atoms with E-state index in [0.29, 0.717) is 10.2 Å². The predicted octanol–water partition coefficient (Wildman–Crippen LogP) is 4.12. The largest absolute Gasteiger partial charge is 0.378 e. The van der Waals surface area contributed by atoms with Crippen LogP contribution in [0.4, 0.5) is 5.69 Å². The number of hydrogen-bond donors (Lipinski definition) is 1.